The predicted molar refractivity (Wildman–Crippen MR) is 125 cm³/mol. The minimum Gasteiger partial charge on any atom is -0.449 e. The van der Waals surface area contributed by atoms with Crippen LogP contribution in [0.2, 0.25) is 0 Å². The highest BCUT2D eigenvalue weighted by atomic mass is 16.5. The fraction of sp³-hybridized carbons (Fsp3) is 0.185. The maximum atomic E-state index is 12.2. The van der Waals surface area contributed by atoms with Crippen LogP contribution in [-0.4, -0.2) is 25.2 Å². The van der Waals surface area contributed by atoms with Crippen LogP contribution < -0.4 is 10.6 Å². The van der Waals surface area contributed by atoms with Crippen molar-refractivity contribution in [2.45, 2.75) is 18.8 Å². The fourth-order valence-electron chi connectivity index (χ4n) is 4.46. The zero-order chi connectivity index (χ0) is 21.9. The summed E-state index contributed by atoms with van der Waals surface area (Å²) in [6, 6.07) is 22.5. The lowest BCUT2D eigenvalue weighted by atomic mass is 9.98. The minimum atomic E-state index is -0.402. The molecule has 3 aromatic carbocycles. The van der Waals surface area contributed by atoms with Crippen LogP contribution in [0, 0.1) is 0 Å². The second-order valence-electron chi connectivity index (χ2n) is 8.08. The van der Waals surface area contributed by atoms with Crippen molar-refractivity contribution >= 4 is 23.8 Å². The van der Waals surface area contributed by atoms with Gasteiger partial charge < -0.3 is 15.4 Å². The van der Waals surface area contributed by atoms with Gasteiger partial charge in [-0.25, -0.2) is 4.79 Å². The number of rotatable bonds is 6. The first kappa shape index (κ1) is 20.1. The molecule has 32 heavy (non-hydrogen) atoms. The molecule has 0 aromatic heterocycles. The Balaban J connectivity index is 1.11. The molecule has 0 atom stereocenters. The molecule has 1 aliphatic carbocycles. The first-order chi connectivity index (χ1) is 15.7. The SMILES string of the molecule is O=C1Cc2ccc(C=CCCNC(=O)OCC3c4ccccc4-c4ccccc43)cc2N1. The Bertz CT molecular complexity index is 1170. The number of hydrogen-bond donors (Lipinski definition) is 2. The molecule has 1 aliphatic heterocycles. The van der Waals surface area contributed by atoms with E-state index in [2.05, 4.69) is 34.9 Å². The molecule has 2 aliphatic rings. The summed E-state index contributed by atoms with van der Waals surface area (Å²) in [5, 5.41) is 5.68. The summed E-state index contributed by atoms with van der Waals surface area (Å²) in [6.07, 6.45) is 4.73. The molecule has 2 N–H and O–H groups in total. The van der Waals surface area contributed by atoms with Gasteiger partial charge in [-0.3, -0.25) is 4.79 Å². The van der Waals surface area contributed by atoms with E-state index in [0.717, 1.165) is 16.8 Å². The van der Waals surface area contributed by atoms with Gasteiger partial charge in [0.15, 0.2) is 0 Å². The van der Waals surface area contributed by atoms with Crippen molar-refractivity contribution in [2.24, 2.45) is 0 Å². The standard InChI is InChI=1S/C27H24N2O3/c30-26-16-19-13-12-18(15-25(19)29-26)7-5-6-14-28-27(31)32-17-24-22-10-3-1-8-20(22)21-9-2-4-11-23(21)24/h1-5,7-13,15,24H,6,14,16-17H2,(H,28,31)(H,29,30). The Morgan fingerprint density at radius 1 is 1.03 bits per heavy atom. The Hall–Kier alpha value is -3.86. The van der Waals surface area contributed by atoms with Crippen molar-refractivity contribution in [1.29, 1.82) is 0 Å². The number of alkyl carbamates (subject to hydrolysis) is 1. The van der Waals surface area contributed by atoms with Crippen LogP contribution in [0.4, 0.5) is 10.5 Å². The quantitative estimate of drug-likeness (QED) is 0.540. The number of nitrogens with one attached hydrogen (secondary N) is 2. The van der Waals surface area contributed by atoms with Gasteiger partial charge in [-0.05, 0) is 45.9 Å². The third-order valence-electron chi connectivity index (χ3n) is 5.99. The molecule has 2 amide bonds. The first-order valence-electron chi connectivity index (χ1n) is 10.9. The molecule has 5 nitrogen and oxygen atoms in total. The average Bonchev–Trinajstić information content (AvgIpc) is 3.34. The lowest BCUT2D eigenvalue weighted by Crippen LogP contribution is -2.26. The molecule has 0 saturated heterocycles. The molecule has 5 heteroatoms. The van der Waals surface area contributed by atoms with Crippen molar-refractivity contribution in [3.05, 3.63) is 95.1 Å². The highest BCUT2D eigenvalue weighted by molar-refractivity contribution is 5.99. The van der Waals surface area contributed by atoms with Crippen LogP contribution >= 0.6 is 0 Å². The number of benzene rings is 3. The van der Waals surface area contributed by atoms with Crippen LogP contribution in [0.5, 0.6) is 0 Å². The second kappa shape index (κ2) is 8.71. The smallest absolute Gasteiger partial charge is 0.407 e. The lowest BCUT2D eigenvalue weighted by Gasteiger charge is -2.14. The number of anilines is 1. The highest BCUT2D eigenvalue weighted by Crippen LogP contribution is 2.44. The van der Waals surface area contributed by atoms with Crippen molar-refractivity contribution in [3.8, 4) is 11.1 Å². The largest absolute Gasteiger partial charge is 0.449 e. The number of ether oxygens (including phenoxy) is 1. The number of carbonyl (C=O) groups excluding carboxylic acids is 2. The molecule has 0 unspecified atom stereocenters. The number of fused-ring (bicyclic) bond motifs is 4. The average molecular weight is 425 g/mol. The monoisotopic (exact) mass is 424 g/mol. The van der Waals surface area contributed by atoms with Crippen LogP contribution in [0.3, 0.4) is 0 Å². The molecular formula is C27H24N2O3. The van der Waals surface area contributed by atoms with Gasteiger partial charge >= 0.3 is 6.09 Å². The summed E-state index contributed by atoms with van der Waals surface area (Å²) in [5.74, 6) is 0.0989. The van der Waals surface area contributed by atoms with Gasteiger partial charge in [-0.2, -0.15) is 0 Å². The third kappa shape index (κ3) is 4.02. The van der Waals surface area contributed by atoms with Crippen molar-refractivity contribution in [1.82, 2.24) is 5.32 Å². The van der Waals surface area contributed by atoms with Gasteiger partial charge in [0, 0.05) is 18.2 Å². The van der Waals surface area contributed by atoms with E-state index in [9.17, 15) is 9.59 Å². The van der Waals surface area contributed by atoms with Crippen LogP contribution in [-0.2, 0) is 16.0 Å². The van der Waals surface area contributed by atoms with E-state index in [-0.39, 0.29) is 11.8 Å². The molecule has 0 spiro atoms. The van der Waals surface area contributed by atoms with E-state index >= 15 is 0 Å². The molecule has 5 rings (SSSR count). The molecular weight excluding hydrogens is 400 g/mol. The first-order valence-corrected chi connectivity index (χ1v) is 10.9. The maximum absolute atomic E-state index is 12.2. The Kier molecular flexibility index (Phi) is 5.46. The zero-order valence-electron chi connectivity index (χ0n) is 17.6. The molecule has 0 bridgehead atoms. The number of hydrogen-bond acceptors (Lipinski definition) is 3. The maximum Gasteiger partial charge on any atom is 0.407 e. The Morgan fingerprint density at radius 3 is 2.50 bits per heavy atom. The molecule has 0 radical (unpaired) electrons. The molecule has 160 valence electrons. The Labute approximate surface area is 187 Å². The summed E-state index contributed by atoms with van der Waals surface area (Å²) >= 11 is 0. The van der Waals surface area contributed by atoms with E-state index in [4.69, 9.17) is 4.74 Å². The summed E-state index contributed by atoms with van der Waals surface area (Å²) in [5.41, 5.74) is 7.77. The Morgan fingerprint density at radius 2 is 1.75 bits per heavy atom. The van der Waals surface area contributed by atoms with Gasteiger partial charge in [0.2, 0.25) is 5.91 Å². The van der Waals surface area contributed by atoms with E-state index in [1.165, 1.54) is 22.3 Å². The lowest BCUT2D eigenvalue weighted by molar-refractivity contribution is -0.115. The van der Waals surface area contributed by atoms with Crippen molar-refractivity contribution in [3.63, 3.8) is 0 Å². The van der Waals surface area contributed by atoms with Crippen molar-refractivity contribution in [2.75, 3.05) is 18.5 Å². The molecule has 1 heterocycles. The van der Waals surface area contributed by atoms with Gasteiger partial charge in [-0.15, -0.1) is 0 Å². The van der Waals surface area contributed by atoms with Crippen LogP contribution in [0.25, 0.3) is 17.2 Å². The fourth-order valence-corrected chi connectivity index (χ4v) is 4.46. The van der Waals surface area contributed by atoms with Crippen molar-refractivity contribution < 1.29 is 14.3 Å². The van der Waals surface area contributed by atoms with Gasteiger partial charge in [-0.1, -0.05) is 72.8 Å². The molecule has 3 aromatic rings. The highest BCUT2D eigenvalue weighted by Gasteiger charge is 2.28. The summed E-state index contributed by atoms with van der Waals surface area (Å²) < 4.78 is 5.55. The second-order valence-corrected chi connectivity index (χ2v) is 8.08. The zero-order valence-corrected chi connectivity index (χ0v) is 17.6. The summed E-state index contributed by atoms with van der Waals surface area (Å²) in [4.78, 5) is 23.7. The number of amides is 2. The topological polar surface area (TPSA) is 67.4 Å². The van der Waals surface area contributed by atoms with E-state index in [0.29, 0.717) is 26.0 Å². The van der Waals surface area contributed by atoms with E-state index in [1.54, 1.807) is 0 Å². The number of carbonyl (C=O) groups is 2. The van der Waals surface area contributed by atoms with E-state index < -0.39 is 6.09 Å². The van der Waals surface area contributed by atoms with Gasteiger partial charge in [0.1, 0.15) is 6.61 Å². The van der Waals surface area contributed by atoms with Gasteiger partial charge in [0.25, 0.3) is 0 Å². The van der Waals surface area contributed by atoms with E-state index in [1.807, 2.05) is 54.6 Å². The van der Waals surface area contributed by atoms with Crippen LogP contribution in [0.15, 0.2) is 72.8 Å². The summed E-state index contributed by atoms with van der Waals surface area (Å²) in [6.45, 7) is 0.811. The normalized spacial score (nSPS) is 14.1. The summed E-state index contributed by atoms with van der Waals surface area (Å²) in [7, 11) is 0. The minimum absolute atomic E-state index is 0.0356. The third-order valence-corrected chi connectivity index (χ3v) is 5.99. The van der Waals surface area contributed by atoms with Gasteiger partial charge in [0.05, 0.1) is 6.42 Å². The predicted octanol–water partition coefficient (Wildman–Crippen LogP) is 5.12. The molecule has 0 fully saturated rings. The molecule has 0 saturated carbocycles. The van der Waals surface area contributed by atoms with Crippen LogP contribution in [0.1, 0.15) is 34.6 Å².